The number of aliphatic hydroxyl groups is 2. The number of ether oxygens (including phenoxy) is 1. The topological polar surface area (TPSA) is 73.2 Å². The number of aliphatic hydroxyl groups excluding tert-OH is 2. The molecule has 6 heteroatoms. The van der Waals surface area contributed by atoms with Crippen molar-refractivity contribution in [3.63, 3.8) is 0 Å². The van der Waals surface area contributed by atoms with Crippen LogP contribution < -0.4 is 4.74 Å². The van der Waals surface area contributed by atoms with Gasteiger partial charge in [-0.15, -0.1) is 0 Å². The van der Waals surface area contributed by atoms with Crippen LogP contribution in [-0.4, -0.2) is 78.5 Å². The van der Waals surface area contributed by atoms with E-state index in [9.17, 15) is 15.0 Å². The molecule has 140 valence electrons. The minimum Gasteiger partial charge on any atom is -0.491 e. The molecule has 0 radical (unpaired) electrons. The van der Waals surface area contributed by atoms with Gasteiger partial charge in [-0.25, -0.2) is 0 Å². The number of para-hydroxylation sites is 1. The number of benzene rings is 1. The first kappa shape index (κ1) is 19.7. The summed E-state index contributed by atoms with van der Waals surface area (Å²) in [5.41, 5.74) is 1.09. The van der Waals surface area contributed by atoms with E-state index in [1.807, 2.05) is 43.3 Å². The van der Waals surface area contributed by atoms with Crippen molar-refractivity contribution in [3.8, 4) is 5.75 Å². The predicted octanol–water partition coefficient (Wildman–Crippen LogP) is 0.904. The van der Waals surface area contributed by atoms with Crippen molar-refractivity contribution in [2.24, 2.45) is 0 Å². The molecule has 2 rings (SSSR count). The average molecular weight is 350 g/mol. The van der Waals surface area contributed by atoms with Crippen LogP contribution in [0.5, 0.6) is 5.75 Å². The second-order valence-corrected chi connectivity index (χ2v) is 6.92. The third kappa shape index (κ3) is 6.30. The summed E-state index contributed by atoms with van der Waals surface area (Å²) in [5, 5.41) is 20.3. The lowest BCUT2D eigenvalue weighted by Gasteiger charge is -2.26. The van der Waals surface area contributed by atoms with Gasteiger partial charge < -0.3 is 24.7 Å². The second-order valence-electron chi connectivity index (χ2n) is 6.92. The van der Waals surface area contributed by atoms with Gasteiger partial charge in [0.1, 0.15) is 18.5 Å². The van der Waals surface area contributed by atoms with E-state index in [0.717, 1.165) is 30.6 Å². The molecule has 0 spiro atoms. The number of carbonyl (C=O) groups is 1. The first-order valence-electron chi connectivity index (χ1n) is 8.96. The minimum absolute atomic E-state index is 0.0455. The summed E-state index contributed by atoms with van der Waals surface area (Å²) >= 11 is 0. The maximum absolute atomic E-state index is 12.4. The molecule has 1 aromatic rings. The number of carbonyl (C=O) groups excluding carboxylic acids is 1. The Kier molecular flexibility index (Phi) is 7.68. The number of fused-ring (bicyclic) bond motifs is 1. The van der Waals surface area contributed by atoms with E-state index < -0.39 is 12.2 Å². The minimum atomic E-state index is -0.973. The summed E-state index contributed by atoms with van der Waals surface area (Å²) in [6.07, 6.45) is 1.17. The summed E-state index contributed by atoms with van der Waals surface area (Å²) in [6.45, 7) is 1.50. The molecule has 1 aromatic carbocycles. The number of aryl methyl sites for hydroxylation is 1. The van der Waals surface area contributed by atoms with Crippen molar-refractivity contribution in [1.82, 2.24) is 9.80 Å². The summed E-state index contributed by atoms with van der Waals surface area (Å²) in [5.74, 6) is 0.812. The van der Waals surface area contributed by atoms with Crippen LogP contribution in [0.3, 0.4) is 0 Å². The van der Waals surface area contributed by atoms with Gasteiger partial charge >= 0.3 is 0 Å². The monoisotopic (exact) mass is 350 g/mol. The Morgan fingerprint density at radius 1 is 1.20 bits per heavy atom. The predicted molar refractivity (Wildman–Crippen MR) is 96.6 cm³/mol. The summed E-state index contributed by atoms with van der Waals surface area (Å²) in [7, 11) is 3.73. The quantitative estimate of drug-likeness (QED) is 0.829. The van der Waals surface area contributed by atoms with E-state index in [-0.39, 0.29) is 12.5 Å². The Morgan fingerprint density at radius 3 is 2.72 bits per heavy atom. The van der Waals surface area contributed by atoms with Crippen molar-refractivity contribution < 1.29 is 19.7 Å². The fraction of sp³-hybridized carbons (Fsp3) is 0.632. The van der Waals surface area contributed by atoms with Crippen LogP contribution in [0.1, 0.15) is 24.8 Å². The van der Waals surface area contributed by atoms with Gasteiger partial charge in [-0.2, -0.15) is 0 Å². The van der Waals surface area contributed by atoms with Crippen molar-refractivity contribution >= 4 is 5.91 Å². The number of likely N-dealkylation sites (N-methyl/N-ethyl adjacent to an activating group) is 1. The van der Waals surface area contributed by atoms with Gasteiger partial charge in [0.2, 0.25) is 5.91 Å². The molecular weight excluding hydrogens is 320 g/mol. The Labute approximate surface area is 150 Å². The molecule has 1 aliphatic rings. The Bertz CT molecular complexity index is 550. The maximum atomic E-state index is 12.4. The van der Waals surface area contributed by atoms with Gasteiger partial charge in [0.15, 0.2) is 0 Å². The first-order chi connectivity index (χ1) is 12.0. The second kappa shape index (κ2) is 9.75. The van der Waals surface area contributed by atoms with E-state index in [1.54, 1.807) is 4.90 Å². The summed E-state index contributed by atoms with van der Waals surface area (Å²) in [6, 6.07) is 7.79. The van der Waals surface area contributed by atoms with Gasteiger partial charge in [-0.3, -0.25) is 4.79 Å². The fourth-order valence-corrected chi connectivity index (χ4v) is 2.97. The van der Waals surface area contributed by atoms with Crippen LogP contribution in [0.15, 0.2) is 24.3 Å². The van der Waals surface area contributed by atoms with Crippen molar-refractivity contribution in [2.75, 3.05) is 40.3 Å². The van der Waals surface area contributed by atoms with Gasteiger partial charge in [0.25, 0.3) is 0 Å². The van der Waals surface area contributed by atoms with Crippen LogP contribution in [0.2, 0.25) is 0 Å². The molecule has 0 unspecified atom stereocenters. The van der Waals surface area contributed by atoms with Gasteiger partial charge in [-0.05, 0) is 51.4 Å². The third-order valence-corrected chi connectivity index (χ3v) is 4.45. The van der Waals surface area contributed by atoms with Crippen LogP contribution in [0.25, 0.3) is 0 Å². The van der Waals surface area contributed by atoms with E-state index >= 15 is 0 Å². The molecule has 6 nitrogen and oxygen atoms in total. The first-order valence-corrected chi connectivity index (χ1v) is 8.96. The van der Waals surface area contributed by atoms with Gasteiger partial charge in [-0.1, -0.05) is 18.2 Å². The van der Waals surface area contributed by atoms with Crippen molar-refractivity contribution in [1.29, 1.82) is 0 Å². The Morgan fingerprint density at radius 2 is 1.96 bits per heavy atom. The zero-order valence-electron chi connectivity index (χ0n) is 15.2. The van der Waals surface area contributed by atoms with E-state index in [0.29, 0.717) is 26.1 Å². The van der Waals surface area contributed by atoms with E-state index in [4.69, 9.17) is 4.74 Å². The highest BCUT2D eigenvalue weighted by molar-refractivity contribution is 5.78. The molecule has 1 amide bonds. The lowest BCUT2D eigenvalue weighted by atomic mass is 10.1. The van der Waals surface area contributed by atoms with Crippen LogP contribution in [0.4, 0.5) is 0 Å². The molecule has 0 fully saturated rings. The number of nitrogens with zero attached hydrogens (tertiary/aromatic N) is 2. The molecule has 0 aromatic heterocycles. The fourth-order valence-electron chi connectivity index (χ4n) is 2.97. The lowest BCUT2D eigenvalue weighted by Crippen LogP contribution is -2.41. The van der Waals surface area contributed by atoms with Crippen molar-refractivity contribution in [2.45, 2.75) is 37.9 Å². The van der Waals surface area contributed by atoms with Crippen molar-refractivity contribution in [3.05, 3.63) is 29.8 Å². The smallest absolute Gasteiger partial charge is 0.236 e. The van der Waals surface area contributed by atoms with E-state index in [2.05, 4.69) is 0 Å². The maximum Gasteiger partial charge on any atom is 0.236 e. The number of rotatable bonds is 2. The lowest BCUT2D eigenvalue weighted by molar-refractivity contribution is -0.132. The van der Waals surface area contributed by atoms with Crippen LogP contribution in [0, 0.1) is 0 Å². The molecule has 0 aliphatic carbocycles. The van der Waals surface area contributed by atoms with Gasteiger partial charge in [0.05, 0.1) is 12.6 Å². The zero-order chi connectivity index (χ0) is 18.2. The number of hydrogen-bond donors (Lipinski definition) is 2. The van der Waals surface area contributed by atoms with Gasteiger partial charge in [0, 0.05) is 13.1 Å². The van der Waals surface area contributed by atoms with Crippen LogP contribution in [-0.2, 0) is 11.2 Å². The third-order valence-electron chi connectivity index (χ3n) is 4.45. The summed E-state index contributed by atoms with van der Waals surface area (Å²) < 4.78 is 5.71. The molecule has 1 heterocycles. The summed E-state index contributed by atoms with van der Waals surface area (Å²) in [4.78, 5) is 16.0. The molecule has 2 atom stereocenters. The SMILES string of the molecule is CN(C)CC(=O)N1CCCCc2ccccc2OC[C@@H](O)[C@@H](O)CC1. The largest absolute Gasteiger partial charge is 0.491 e. The highest BCUT2D eigenvalue weighted by Gasteiger charge is 2.21. The molecule has 2 N–H and O–H groups in total. The molecule has 0 saturated heterocycles. The highest BCUT2D eigenvalue weighted by atomic mass is 16.5. The number of amides is 1. The van der Waals surface area contributed by atoms with Crippen LogP contribution >= 0.6 is 0 Å². The van der Waals surface area contributed by atoms with E-state index in [1.165, 1.54) is 0 Å². The molecule has 0 saturated carbocycles. The molecule has 25 heavy (non-hydrogen) atoms. The highest BCUT2D eigenvalue weighted by Crippen LogP contribution is 2.21. The average Bonchev–Trinajstić information content (AvgIpc) is 2.59. The standard InChI is InChI=1S/C19H30N2O4/c1-20(2)13-19(24)21-11-6-5-8-15-7-3-4-9-18(15)25-14-17(23)16(22)10-12-21/h3-4,7,9,16-17,22-23H,5-6,8,10-14H2,1-2H3/t16-,17+/m0/s1. The Hall–Kier alpha value is -1.63. The normalized spacial score (nSPS) is 23.0. The molecule has 0 bridgehead atoms. The zero-order valence-corrected chi connectivity index (χ0v) is 15.2. The molecular formula is C19H30N2O4. The molecule has 1 aliphatic heterocycles. The Balaban J connectivity index is 2.08. The number of hydrogen-bond acceptors (Lipinski definition) is 5.